The van der Waals surface area contributed by atoms with Crippen molar-refractivity contribution in [3.8, 4) is 0 Å². The molecule has 0 aromatic heterocycles. The number of aliphatic hydroxyl groups excluding tert-OH is 1. The van der Waals surface area contributed by atoms with Gasteiger partial charge in [0.05, 0.1) is 36.6 Å². The molecule has 1 unspecified atom stereocenters. The van der Waals surface area contributed by atoms with Gasteiger partial charge >= 0.3 is 5.97 Å². The highest BCUT2D eigenvalue weighted by molar-refractivity contribution is 5.98. The average Bonchev–Trinajstić information content (AvgIpc) is 3.72. The number of esters is 1. The monoisotopic (exact) mass is 651 g/mol. The Labute approximate surface area is 279 Å². The molecule has 1 aromatic carbocycles. The minimum absolute atomic E-state index is 0.101. The van der Waals surface area contributed by atoms with Crippen LogP contribution in [0.1, 0.15) is 84.3 Å². The number of ether oxygens (including phenoxy) is 2. The Morgan fingerprint density at radius 1 is 1.17 bits per heavy atom. The van der Waals surface area contributed by atoms with Crippen molar-refractivity contribution in [3.63, 3.8) is 0 Å². The van der Waals surface area contributed by atoms with Crippen molar-refractivity contribution in [2.24, 2.45) is 11.8 Å². The number of nitrogens with zero attached hydrogens (tertiary/aromatic N) is 3. The average molecular weight is 652 g/mol. The molecule has 3 heterocycles. The smallest absolute Gasteiger partial charge is 0.313 e. The molecule has 258 valence electrons. The number of carbonyl (C=O) groups is 4. The van der Waals surface area contributed by atoms with Crippen LogP contribution in [0.15, 0.2) is 55.6 Å². The lowest BCUT2D eigenvalue weighted by Crippen LogP contribution is -2.60. The van der Waals surface area contributed by atoms with Crippen molar-refractivity contribution in [1.82, 2.24) is 14.7 Å². The summed E-state index contributed by atoms with van der Waals surface area (Å²) in [6.45, 7) is 15.3. The summed E-state index contributed by atoms with van der Waals surface area (Å²) in [5.41, 5.74) is -0.499. The third-order valence-electron chi connectivity index (χ3n) is 10.5. The highest BCUT2D eigenvalue weighted by Crippen LogP contribution is 2.59. The van der Waals surface area contributed by atoms with Gasteiger partial charge in [-0.2, -0.15) is 0 Å². The fourth-order valence-electron chi connectivity index (χ4n) is 7.93. The second kappa shape index (κ2) is 15.6. The number of hydrogen-bond acceptors (Lipinski definition) is 7. The minimum Gasteiger partial charge on any atom is -0.455 e. The number of amides is 3. The fraction of sp³-hybridized carbons (Fsp3) is 0.622. The summed E-state index contributed by atoms with van der Waals surface area (Å²) < 4.78 is 12.9. The highest BCUT2D eigenvalue weighted by Gasteiger charge is 2.75. The zero-order valence-electron chi connectivity index (χ0n) is 28.7. The van der Waals surface area contributed by atoms with Gasteiger partial charge in [0.2, 0.25) is 17.7 Å². The van der Waals surface area contributed by atoms with Crippen molar-refractivity contribution < 1.29 is 33.8 Å². The van der Waals surface area contributed by atoms with E-state index in [1.807, 2.05) is 51.1 Å². The van der Waals surface area contributed by atoms with Gasteiger partial charge in [0, 0.05) is 26.1 Å². The van der Waals surface area contributed by atoms with Gasteiger partial charge < -0.3 is 29.3 Å². The summed E-state index contributed by atoms with van der Waals surface area (Å²) in [7, 11) is 1.69. The lowest BCUT2D eigenvalue weighted by atomic mass is 9.70. The predicted molar refractivity (Wildman–Crippen MR) is 179 cm³/mol. The van der Waals surface area contributed by atoms with Crippen molar-refractivity contribution in [3.05, 3.63) is 61.2 Å². The molecule has 3 aliphatic rings. The van der Waals surface area contributed by atoms with Crippen LogP contribution in [-0.2, 0) is 28.7 Å². The maximum Gasteiger partial charge on any atom is 0.313 e. The van der Waals surface area contributed by atoms with Crippen molar-refractivity contribution in [2.45, 2.75) is 115 Å². The van der Waals surface area contributed by atoms with E-state index >= 15 is 0 Å². The Bertz CT molecular complexity index is 1300. The Morgan fingerprint density at radius 2 is 1.87 bits per heavy atom. The van der Waals surface area contributed by atoms with Gasteiger partial charge in [0.25, 0.3) is 0 Å². The Hall–Kier alpha value is -3.50. The maximum atomic E-state index is 14.6. The molecule has 47 heavy (non-hydrogen) atoms. The van der Waals surface area contributed by atoms with Gasteiger partial charge in [0.1, 0.15) is 17.7 Å². The molecule has 2 bridgehead atoms. The van der Waals surface area contributed by atoms with Crippen molar-refractivity contribution >= 4 is 23.7 Å². The second-order valence-electron chi connectivity index (χ2n) is 13.3. The lowest BCUT2D eigenvalue weighted by molar-refractivity contribution is -0.165. The molecule has 3 fully saturated rings. The number of fused-ring (bicyclic) bond motifs is 1. The molecule has 1 aromatic rings. The zero-order valence-corrected chi connectivity index (χ0v) is 28.7. The zero-order chi connectivity index (χ0) is 34.5. The number of allylic oxidation sites excluding steroid dienone is 1. The topological polar surface area (TPSA) is 117 Å². The normalized spacial score (nSPS) is 27.0. The van der Waals surface area contributed by atoms with Crippen LogP contribution in [-0.4, -0.2) is 99.6 Å². The molecule has 10 heteroatoms. The van der Waals surface area contributed by atoms with Crippen LogP contribution in [0, 0.1) is 11.8 Å². The molecule has 3 amide bonds. The van der Waals surface area contributed by atoms with Gasteiger partial charge in [-0.15, -0.1) is 13.2 Å². The summed E-state index contributed by atoms with van der Waals surface area (Å²) in [6, 6.07) is 7.05. The Balaban J connectivity index is 1.71. The molecule has 3 aliphatic heterocycles. The first kappa shape index (κ1) is 36.3. The quantitative estimate of drug-likeness (QED) is 0.196. The van der Waals surface area contributed by atoms with E-state index in [9.17, 15) is 24.3 Å². The molecule has 0 aliphatic carbocycles. The summed E-state index contributed by atoms with van der Waals surface area (Å²) in [4.78, 5) is 61.2. The molecule has 3 saturated heterocycles. The molecule has 0 saturated carbocycles. The van der Waals surface area contributed by atoms with E-state index in [0.717, 1.165) is 18.4 Å². The summed E-state index contributed by atoms with van der Waals surface area (Å²) >= 11 is 0. The number of likely N-dealkylation sites (N-methyl/N-ethyl adjacent to an activating group) is 1. The van der Waals surface area contributed by atoms with Crippen LogP contribution in [0.2, 0.25) is 0 Å². The first-order chi connectivity index (χ1) is 22.5. The number of rotatable bonds is 17. The predicted octanol–water partition coefficient (Wildman–Crippen LogP) is 4.43. The molecule has 4 rings (SSSR count). The second-order valence-corrected chi connectivity index (χ2v) is 13.3. The van der Waals surface area contributed by atoms with E-state index in [4.69, 9.17) is 9.47 Å². The van der Waals surface area contributed by atoms with Gasteiger partial charge in [-0.1, -0.05) is 62.8 Å². The first-order valence-corrected chi connectivity index (χ1v) is 17.2. The molecule has 9 atom stereocenters. The maximum absolute atomic E-state index is 14.6. The van der Waals surface area contributed by atoms with E-state index in [1.54, 1.807) is 29.0 Å². The first-order valence-electron chi connectivity index (χ1n) is 17.2. The highest BCUT2D eigenvalue weighted by atomic mass is 16.6. The van der Waals surface area contributed by atoms with Crippen LogP contribution < -0.4 is 0 Å². The summed E-state index contributed by atoms with van der Waals surface area (Å²) in [5, 5.41) is 10.4. The van der Waals surface area contributed by atoms with Gasteiger partial charge in [-0.25, -0.2) is 0 Å². The van der Waals surface area contributed by atoms with Crippen LogP contribution in [0.4, 0.5) is 0 Å². The Kier molecular flexibility index (Phi) is 12.1. The third kappa shape index (κ3) is 6.77. The summed E-state index contributed by atoms with van der Waals surface area (Å²) in [6.07, 6.45) is 5.80. The number of aliphatic hydroxyl groups is 1. The van der Waals surface area contributed by atoms with Gasteiger partial charge in [-0.05, 0) is 51.5 Å². The third-order valence-corrected chi connectivity index (χ3v) is 10.5. The Morgan fingerprint density at radius 3 is 2.47 bits per heavy atom. The molecule has 0 radical (unpaired) electrons. The standard InChI is InChI=1S/C37H53N3O7/c1-8-12-19-29(42)38(7)25(6)32(26-17-14-13-15-18-26)46-36(45)30-28-20-21-37(47-28)31(30)34(43)40(27(11-4)23-41)33(37)35(44)39(22-10-3)24(5)16-9-2/h8,10,13-15,17-18,24-25,27-28,30-33,41H,1,3,9,11-12,16,19-23H2,2,4-7H3/t24?,25-,27-,28-,30+,31+,32+,33-,37+/m0/s1. The van der Waals surface area contributed by atoms with Gasteiger partial charge in [-0.3, -0.25) is 19.2 Å². The molecule has 1 N–H and O–H groups in total. The van der Waals surface area contributed by atoms with E-state index in [1.165, 1.54) is 4.90 Å². The van der Waals surface area contributed by atoms with Gasteiger partial charge in [0.15, 0.2) is 0 Å². The molecule has 1 spiro atoms. The van der Waals surface area contributed by atoms with Crippen LogP contribution in [0.25, 0.3) is 0 Å². The van der Waals surface area contributed by atoms with Crippen molar-refractivity contribution in [2.75, 3.05) is 20.2 Å². The fourth-order valence-corrected chi connectivity index (χ4v) is 7.93. The van der Waals surface area contributed by atoms with E-state index < -0.39 is 53.7 Å². The number of carbonyl (C=O) groups excluding carboxylic acids is 4. The summed E-state index contributed by atoms with van der Waals surface area (Å²) in [5.74, 6) is -3.18. The SMILES string of the molecule is C=CCCC(=O)N(C)[C@@H](C)[C@@H](OC(=O)[C@@H]1[C@@H]2CC[C@]3(O2)[C@H](C(=O)N(CC=C)C(C)CCC)N([C@@H](CC)CO)C(=O)[C@@H]13)c1ccccc1. The van der Waals surface area contributed by atoms with E-state index in [2.05, 4.69) is 20.1 Å². The van der Waals surface area contributed by atoms with Crippen molar-refractivity contribution in [1.29, 1.82) is 0 Å². The minimum atomic E-state index is -1.22. The number of benzene rings is 1. The largest absolute Gasteiger partial charge is 0.455 e. The van der Waals surface area contributed by atoms with E-state index in [-0.39, 0.29) is 36.8 Å². The molecule has 10 nitrogen and oxygen atoms in total. The molecular formula is C37H53N3O7. The number of hydrogen-bond donors (Lipinski definition) is 1. The van der Waals surface area contributed by atoms with Crippen LogP contribution in [0.3, 0.4) is 0 Å². The number of likely N-dealkylation sites (tertiary alicyclic amines) is 1. The van der Waals surface area contributed by atoms with Crippen LogP contribution in [0.5, 0.6) is 0 Å². The lowest BCUT2D eigenvalue weighted by Gasteiger charge is -2.40. The molecular weight excluding hydrogens is 598 g/mol. The van der Waals surface area contributed by atoms with Crippen LogP contribution >= 0.6 is 0 Å². The van der Waals surface area contributed by atoms with E-state index in [0.29, 0.717) is 32.2 Å².